The van der Waals surface area contributed by atoms with Gasteiger partial charge in [-0.1, -0.05) is 13.8 Å². The molecule has 0 fully saturated rings. The highest BCUT2D eigenvalue weighted by molar-refractivity contribution is 6.54. The summed E-state index contributed by atoms with van der Waals surface area (Å²) in [5.74, 6) is 7.55. The molecule has 1 unspecified atom stereocenters. The molecule has 0 aromatic heterocycles. The summed E-state index contributed by atoms with van der Waals surface area (Å²) in [6, 6.07) is 0.352. The molecule has 0 saturated heterocycles. The molecule has 0 rings (SSSR count). The minimum Gasteiger partial charge on any atom is -0.328 e. The minimum absolute atomic E-state index is 0.139. The standard InChI is InChI=1S/C5H13N.3CH3.Al/c1-4(2)5(3)6;;;;/h4-5H,6H2,1-3H3;3*1H3;. The molecule has 0 amide bonds. The second-order valence-corrected chi connectivity index (χ2v) is 7.30. The molecule has 0 aromatic rings. The zero-order valence-corrected chi connectivity index (χ0v) is 9.46. The first-order valence-corrected chi connectivity index (χ1v) is 7.59. The Hall–Kier alpha value is 0.492. The van der Waals surface area contributed by atoms with E-state index in [0.717, 1.165) is 0 Å². The lowest BCUT2D eigenvalue weighted by Gasteiger charge is -2.05. The summed E-state index contributed by atoms with van der Waals surface area (Å²) in [5, 5.41) is 0. The second kappa shape index (κ2) is 7.60. The summed E-state index contributed by atoms with van der Waals surface area (Å²) in [5.41, 5.74) is 5.44. The maximum Gasteiger partial charge on any atom is 0.251 e. The van der Waals surface area contributed by atoms with Crippen LogP contribution in [-0.2, 0) is 0 Å². The van der Waals surface area contributed by atoms with Gasteiger partial charge in [0.2, 0.25) is 0 Å². The third-order valence-electron chi connectivity index (χ3n) is 1.05. The largest absolute Gasteiger partial charge is 0.328 e. The highest BCUT2D eigenvalue weighted by atomic mass is 27.2. The van der Waals surface area contributed by atoms with Gasteiger partial charge in [-0.15, -0.1) is 17.4 Å². The van der Waals surface area contributed by atoms with Crippen LogP contribution in [0.25, 0.3) is 0 Å². The zero-order chi connectivity index (χ0) is 8.73. The molecule has 0 aliphatic rings. The maximum atomic E-state index is 5.44. The van der Waals surface area contributed by atoms with Gasteiger partial charge in [0.15, 0.2) is 0 Å². The average Bonchev–Trinajstić information content (AvgIpc) is 1.63. The van der Waals surface area contributed by atoms with Crippen molar-refractivity contribution >= 4 is 14.1 Å². The molecule has 1 atom stereocenters. The summed E-state index contributed by atoms with van der Waals surface area (Å²) in [4.78, 5) is 0. The van der Waals surface area contributed by atoms with E-state index >= 15 is 0 Å². The normalized spacial score (nSPS) is 12.0. The maximum absolute atomic E-state index is 5.44. The van der Waals surface area contributed by atoms with E-state index in [1.54, 1.807) is 0 Å². The number of hydrogen-bond donors (Lipinski definition) is 1. The summed E-state index contributed by atoms with van der Waals surface area (Å²) in [6.07, 6.45) is 0. The molecule has 2 N–H and O–H groups in total. The van der Waals surface area contributed by atoms with Crippen LogP contribution in [0.2, 0.25) is 17.4 Å². The fourth-order valence-corrected chi connectivity index (χ4v) is 0. The summed E-state index contributed by atoms with van der Waals surface area (Å²) < 4.78 is 0. The first kappa shape index (κ1) is 13.1. The van der Waals surface area contributed by atoms with Gasteiger partial charge < -0.3 is 5.73 Å². The van der Waals surface area contributed by atoms with Crippen LogP contribution < -0.4 is 5.73 Å². The van der Waals surface area contributed by atoms with E-state index in [0.29, 0.717) is 12.0 Å². The Morgan fingerprint density at radius 3 is 1.10 bits per heavy atom. The number of hydrogen-bond acceptors (Lipinski definition) is 1. The first-order valence-electron chi connectivity index (χ1n) is 4.13. The van der Waals surface area contributed by atoms with E-state index < -0.39 is 0 Å². The second-order valence-electron chi connectivity index (χ2n) is 3.84. The van der Waals surface area contributed by atoms with Crippen molar-refractivity contribution in [3.63, 3.8) is 0 Å². The Morgan fingerprint density at radius 1 is 1.00 bits per heavy atom. The molecule has 0 spiro atoms. The molecule has 1 nitrogen and oxygen atoms in total. The minimum atomic E-state index is -0.139. The third-order valence-corrected chi connectivity index (χ3v) is 1.05. The van der Waals surface area contributed by atoms with Crippen LogP contribution in [0.5, 0.6) is 0 Å². The van der Waals surface area contributed by atoms with Crippen molar-refractivity contribution < 1.29 is 0 Å². The molecule has 0 aliphatic carbocycles. The molecule has 0 bridgehead atoms. The van der Waals surface area contributed by atoms with Crippen LogP contribution in [-0.4, -0.2) is 20.2 Å². The van der Waals surface area contributed by atoms with Crippen molar-refractivity contribution in [1.82, 2.24) is 0 Å². The van der Waals surface area contributed by atoms with Gasteiger partial charge in [0.25, 0.3) is 14.1 Å². The summed E-state index contributed by atoms with van der Waals surface area (Å²) in [7, 11) is 0. The van der Waals surface area contributed by atoms with Gasteiger partial charge in [-0.05, 0) is 12.8 Å². The molecule has 2 heteroatoms. The smallest absolute Gasteiger partial charge is 0.251 e. The van der Waals surface area contributed by atoms with Gasteiger partial charge in [0.05, 0.1) is 0 Å². The fraction of sp³-hybridized carbons (Fsp3) is 1.00. The van der Waals surface area contributed by atoms with E-state index in [9.17, 15) is 0 Å². The van der Waals surface area contributed by atoms with Crippen LogP contribution in [0.1, 0.15) is 20.8 Å². The lowest BCUT2D eigenvalue weighted by molar-refractivity contribution is 0.529. The first-order chi connectivity index (χ1) is 4.37. The van der Waals surface area contributed by atoms with Gasteiger partial charge in [0, 0.05) is 6.04 Å². The van der Waals surface area contributed by atoms with Crippen molar-refractivity contribution in [2.75, 3.05) is 0 Å². The van der Waals surface area contributed by atoms with Gasteiger partial charge in [0.1, 0.15) is 0 Å². The fourth-order valence-electron chi connectivity index (χ4n) is 0. The van der Waals surface area contributed by atoms with Crippen LogP contribution in [0.4, 0.5) is 0 Å². The number of rotatable bonds is 1. The third kappa shape index (κ3) is 23.6. The van der Waals surface area contributed by atoms with Crippen molar-refractivity contribution in [3.8, 4) is 0 Å². The van der Waals surface area contributed by atoms with Crippen molar-refractivity contribution in [1.29, 1.82) is 0 Å². The molecule has 10 heavy (non-hydrogen) atoms. The van der Waals surface area contributed by atoms with Gasteiger partial charge in [-0.25, -0.2) is 0 Å². The average molecular weight is 159 g/mol. The zero-order valence-electron chi connectivity index (χ0n) is 8.31. The summed E-state index contributed by atoms with van der Waals surface area (Å²) in [6.45, 7) is 6.25. The predicted octanol–water partition coefficient (Wildman–Crippen LogP) is 2.36. The molecule has 0 aromatic carbocycles. The topological polar surface area (TPSA) is 26.0 Å². The molecule has 0 saturated carbocycles. The van der Waals surface area contributed by atoms with E-state index in [1.165, 1.54) is 0 Å². The Morgan fingerprint density at radius 2 is 1.10 bits per heavy atom. The van der Waals surface area contributed by atoms with E-state index in [2.05, 4.69) is 31.2 Å². The predicted molar refractivity (Wildman–Crippen MR) is 51.8 cm³/mol. The lowest BCUT2D eigenvalue weighted by atomic mass is 10.1. The molecule has 0 heterocycles. The summed E-state index contributed by atoms with van der Waals surface area (Å²) >= 11 is -0.139. The highest BCUT2D eigenvalue weighted by Gasteiger charge is 1.95. The molecule has 0 radical (unpaired) electrons. The quantitative estimate of drug-likeness (QED) is 0.584. The molecule has 0 aliphatic heterocycles. The Balaban J connectivity index is 0. The van der Waals surface area contributed by atoms with Crippen molar-refractivity contribution in [3.05, 3.63) is 0 Å². The van der Waals surface area contributed by atoms with Crippen LogP contribution in [0, 0.1) is 5.92 Å². The van der Waals surface area contributed by atoms with Crippen molar-refractivity contribution in [2.45, 2.75) is 44.2 Å². The van der Waals surface area contributed by atoms with Gasteiger partial charge in [-0.2, -0.15) is 0 Å². The van der Waals surface area contributed by atoms with Crippen LogP contribution in [0.3, 0.4) is 0 Å². The molecule has 62 valence electrons. The van der Waals surface area contributed by atoms with Gasteiger partial charge in [-0.3, -0.25) is 0 Å². The van der Waals surface area contributed by atoms with Gasteiger partial charge >= 0.3 is 0 Å². The van der Waals surface area contributed by atoms with Crippen molar-refractivity contribution in [2.24, 2.45) is 11.7 Å². The Kier molecular flexibility index (Phi) is 9.96. The molecular formula is C8H22AlN. The Bertz CT molecular complexity index is 51.5. The monoisotopic (exact) mass is 159 g/mol. The van der Waals surface area contributed by atoms with Crippen LogP contribution >= 0.6 is 0 Å². The van der Waals surface area contributed by atoms with E-state index in [4.69, 9.17) is 5.73 Å². The lowest BCUT2D eigenvalue weighted by Crippen LogP contribution is -2.21. The highest BCUT2D eigenvalue weighted by Crippen LogP contribution is 1.93. The Labute approximate surface area is 70.4 Å². The number of nitrogens with two attached hydrogens (primary N) is 1. The van der Waals surface area contributed by atoms with Crippen LogP contribution in [0.15, 0.2) is 0 Å². The van der Waals surface area contributed by atoms with E-state index in [1.807, 2.05) is 6.92 Å². The van der Waals surface area contributed by atoms with E-state index in [-0.39, 0.29) is 14.1 Å². The SMILES string of the molecule is CC(C)C(C)N.[CH3][Al]([CH3])[CH3]. The molecular weight excluding hydrogens is 137 g/mol.